The molecule has 2 aromatic carbocycles. The molecule has 3 rings (SSSR count). The third-order valence-corrected chi connectivity index (χ3v) is 5.19. The molecule has 132 valence electrons. The number of hydrogen-bond acceptors (Lipinski definition) is 1. The Hall–Kier alpha value is -1.94. The van der Waals surface area contributed by atoms with Crippen molar-refractivity contribution in [2.75, 3.05) is 5.32 Å². The average molecular weight is 364 g/mol. The van der Waals surface area contributed by atoms with Gasteiger partial charge in [-0.05, 0) is 55.2 Å². The lowest BCUT2D eigenvalue weighted by Crippen LogP contribution is -2.21. The van der Waals surface area contributed by atoms with Gasteiger partial charge >= 0.3 is 0 Å². The summed E-state index contributed by atoms with van der Waals surface area (Å²) in [5, 5.41) is 2.16. The van der Waals surface area contributed by atoms with Crippen LogP contribution in [0.2, 0.25) is 5.02 Å². The van der Waals surface area contributed by atoms with Crippen LogP contribution in [-0.4, -0.2) is 5.91 Å². The third-order valence-electron chi connectivity index (χ3n) is 4.90. The first kappa shape index (κ1) is 17.9. The maximum atomic E-state index is 13.8. The van der Waals surface area contributed by atoms with Crippen molar-refractivity contribution in [2.45, 2.75) is 38.0 Å². The molecule has 2 aromatic rings. The summed E-state index contributed by atoms with van der Waals surface area (Å²) in [6.07, 6.45) is 4.35. The van der Waals surface area contributed by atoms with E-state index in [4.69, 9.17) is 11.6 Å². The van der Waals surface area contributed by atoms with Gasteiger partial charge in [0.2, 0.25) is 5.91 Å². The number of amides is 1. The molecule has 0 radical (unpaired) electrons. The van der Waals surface area contributed by atoms with E-state index in [1.54, 1.807) is 0 Å². The number of benzene rings is 2. The molecule has 0 aromatic heterocycles. The molecule has 0 aliphatic heterocycles. The minimum Gasteiger partial charge on any atom is -0.323 e. The van der Waals surface area contributed by atoms with Crippen molar-refractivity contribution < 1.29 is 13.6 Å². The summed E-state index contributed by atoms with van der Waals surface area (Å²) >= 11 is 5.51. The molecule has 0 saturated heterocycles. The zero-order chi connectivity index (χ0) is 17.8. The summed E-state index contributed by atoms with van der Waals surface area (Å²) in [5.41, 5.74) is 1.19. The molecule has 0 heterocycles. The SMILES string of the molecule is O=C(CC1CCC(c2ccccc2)CC1)Nc1ccc(Cl)c(F)c1F. The lowest BCUT2D eigenvalue weighted by molar-refractivity contribution is -0.117. The Morgan fingerprint density at radius 3 is 2.36 bits per heavy atom. The minimum absolute atomic E-state index is 0.162. The summed E-state index contributed by atoms with van der Waals surface area (Å²) in [7, 11) is 0. The molecule has 0 bridgehead atoms. The van der Waals surface area contributed by atoms with Crippen LogP contribution >= 0.6 is 11.6 Å². The van der Waals surface area contributed by atoms with E-state index >= 15 is 0 Å². The molecule has 1 amide bonds. The van der Waals surface area contributed by atoms with Gasteiger partial charge in [-0.3, -0.25) is 4.79 Å². The second kappa shape index (κ2) is 7.96. The molecular formula is C20H20ClF2NO. The second-order valence-electron chi connectivity index (χ2n) is 6.60. The molecule has 0 spiro atoms. The summed E-state index contributed by atoms with van der Waals surface area (Å²) < 4.78 is 27.2. The normalized spacial score (nSPS) is 20.3. The Morgan fingerprint density at radius 1 is 1.00 bits per heavy atom. The van der Waals surface area contributed by atoms with Gasteiger partial charge < -0.3 is 5.32 Å². The molecule has 5 heteroatoms. The van der Waals surface area contributed by atoms with Crippen LogP contribution in [0.4, 0.5) is 14.5 Å². The van der Waals surface area contributed by atoms with E-state index in [1.807, 2.05) is 6.07 Å². The van der Waals surface area contributed by atoms with Crippen molar-refractivity contribution in [1.29, 1.82) is 0 Å². The van der Waals surface area contributed by atoms with Gasteiger partial charge in [-0.15, -0.1) is 0 Å². The average Bonchev–Trinajstić information content (AvgIpc) is 2.63. The highest BCUT2D eigenvalue weighted by atomic mass is 35.5. The van der Waals surface area contributed by atoms with E-state index in [2.05, 4.69) is 29.6 Å². The van der Waals surface area contributed by atoms with Gasteiger partial charge in [-0.2, -0.15) is 0 Å². The predicted octanol–water partition coefficient (Wildman–Crippen LogP) is 5.92. The van der Waals surface area contributed by atoms with Gasteiger partial charge in [0.1, 0.15) is 0 Å². The number of carbonyl (C=O) groups is 1. The fourth-order valence-electron chi connectivity index (χ4n) is 3.51. The van der Waals surface area contributed by atoms with Gasteiger partial charge in [0, 0.05) is 6.42 Å². The lowest BCUT2D eigenvalue weighted by atomic mass is 9.77. The van der Waals surface area contributed by atoms with Crippen LogP contribution in [0, 0.1) is 17.6 Å². The molecule has 1 saturated carbocycles. The maximum Gasteiger partial charge on any atom is 0.224 e. The Labute approximate surface area is 151 Å². The van der Waals surface area contributed by atoms with E-state index < -0.39 is 11.6 Å². The monoisotopic (exact) mass is 363 g/mol. The number of halogens is 3. The number of hydrogen-bond donors (Lipinski definition) is 1. The first-order chi connectivity index (χ1) is 12.0. The fraction of sp³-hybridized carbons (Fsp3) is 0.350. The Morgan fingerprint density at radius 2 is 1.68 bits per heavy atom. The number of rotatable bonds is 4. The van der Waals surface area contributed by atoms with Crippen LogP contribution in [0.25, 0.3) is 0 Å². The molecule has 1 fully saturated rings. The highest BCUT2D eigenvalue weighted by Crippen LogP contribution is 2.37. The van der Waals surface area contributed by atoms with Crippen LogP contribution in [0.15, 0.2) is 42.5 Å². The van der Waals surface area contributed by atoms with Crippen molar-refractivity contribution in [3.63, 3.8) is 0 Å². The van der Waals surface area contributed by atoms with Gasteiger partial charge in [-0.1, -0.05) is 41.9 Å². The molecule has 2 nitrogen and oxygen atoms in total. The fourth-order valence-corrected chi connectivity index (χ4v) is 3.66. The van der Waals surface area contributed by atoms with E-state index in [0.717, 1.165) is 25.7 Å². The smallest absolute Gasteiger partial charge is 0.224 e. The zero-order valence-electron chi connectivity index (χ0n) is 13.8. The number of nitrogens with one attached hydrogen (secondary N) is 1. The number of carbonyl (C=O) groups excluding carboxylic acids is 1. The minimum atomic E-state index is -1.14. The van der Waals surface area contributed by atoms with Crippen molar-refractivity contribution in [3.8, 4) is 0 Å². The second-order valence-corrected chi connectivity index (χ2v) is 7.01. The molecule has 1 aliphatic rings. The van der Waals surface area contributed by atoms with E-state index in [0.29, 0.717) is 12.3 Å². The molecule has 25 heavy (non-hydrogen) atoms. The Kier molecular flexibility index (Phi) is 5.69. The van der Waals surface area contributed by atoms with Gasteiger partial charge in [0.05, 0.1) is 10.7 Å². The standard InChI is InChI=1S/C20H20ClF2NO/c21-16-10-11-17(20(23)19(16)22)24-18(25)12-13-6-8-15(9-7-13)14-4-2-1-3-5-14/h1-5,10-11,13,15H,6-9,12H2,(H,24,25). The Bertz CT molecular complexity index is 743. The van der Waals surface area contributed by atoms with Crippen molar-refractivity contribution in [2.24, 2.45) is 5.92 Å². The van der Waals surface area contributed by atoms with Gasteiger partial charge in [0.25, 0.3) is 0 Å². The van der Waals surface area contributed by atoms with Crippen LogP contribution in [-0.2, 0) is 4.79 Å². The summed E-state index contributed by atoms with van der Waals surface area (Å²) in [6, 6.07) is 12.9. The highest BCUT2D eigenvalue weighted by molar-refractivity contribution is 6.30. The summed E-state index contributed by atoms with van der Waals surface area (Å²) in [5.74, 6) is -1.72. The van der Waals surface area contributed by atoms with Crippen LogP contribution < -0.4 is 5.32 Å². The van der Waals surface area contributed by atoms with E-state index in [-0.39, 0.29) is 22.5 Å². The summed E-state index contributed by atoms with van der Waals surface area (Å²) in [6.45, 7) is 0. The quantitative estimate of drug-likeness (QED) is 0.671. The molecule has 0 atom stereocenters. The van der Waals surface area contributed by atoms with E-state index in [9.17, 15) is 13.6 Å². The van der Waals surface area contributed by atoms with Gasteiger partial charge in [-0.25, -0.2) is 8.78 Å². The maximum absolute atomic E-state index is 13.8. The number of anilines is 1. The zero-order valence-corrected chi connectivity index (χ0v) is 14.5. The molecule has 1 N–H and O–H groups in total. The van der Waals surface area contributed by atoms with E-state index in [1.165, 1.54) is 17.7 Å². The van der Waals surface area contributed by atoms with Crippen LogP contribution in [0.1, 0.15) is 43.6 Å². The molecular weight excluding hydrogens is 344 g/mol. The predicted molar refractivity (Wildman–Crippen MR) is 95.8 cm³/mol. The van der Waals surface area contributed by atoms with Gasteiger partial charge in [0.15, 0.2) is 11.6 Å². The van der Waals surface area contributed by atoms with Crippen molar-refractivity contribution in [3.05, 3.63) is 64.7 Å². The lowest BCUT2D eigenvalue weighted by Gasteiger charge is -2.28. The molecule has 1 aliphatic carbocycles. The first-order valence-electron chi connectivity index (χ1n) is 8.53. The Balaban J connectivity index is 1.52. The largest absolute Gasteiger partial charge is 0.323 e. The van der Waals surface area contributed by atoms with Crippen LogP contribution in [0.5, 0.6) is 0 Å². The summed E-state index contributed by atoms with van der Waals surface area (Å²) in [4.78, 5) is 12.1. The first-order valence-corrected chi connectivity index (χ1v) is 8.90. The highest BCUT2D eigenvalue weighted by Gasteiger charge is 2.24. The van der Waals surface area contributed by atoms with Crippen molar-refractivity contribution in [1.82, 2.24) is 0 Å². The van der Waals surface area contributed by atoms with Crippen molar-refractivity contribution >= 4 is 23.2 Å². The molecule has 0 unspecified atom stereocenters. The third kappa shape index (κ3) is 4.37. The topological polar surface area (TPSA) is 29.1 Å². The van der Waals surface area contributed by atoms with Crippen LogP contribution in [0.3, 0.4) is 0 Å².